The van der Waals surface area contributed by atoms with Gasteiger partial charge in [0.1, 0.15) is 11.3 Å². The van der Waals surface area contributed by atoms with Crippen LogP contribution in [0.15, 0.2) is 46.9 Å². The van der Waals surface area contributed by atoms with Gasteiger partial charge in [-0.05, 0) is 42.8 Å². The Hall–Kier alpha value is -2.33. The van der Waals surface area contributed by atoms with Crippen molar-refractivity contribution in [1.82, 2.24) is 4.98 Å². The zero-order chi connectivity index (χ0) is 13.9. The van der Waals surface area contributed by atoms with Crippen LogP contribution in [-0.2, 0) is 6.61 Å². The smallest absolute Gasteiger partial charge is 0.227 e. The van der Waals surface area contributed by atoms with Crippen LogP contribution in [0.4, 0.5) is 0 Å². The molecule has 3 rings (SSSR count). The Kier molecular flexibility index (Phi) is 3.39. The van der Waals surface area contributed by atoms with Gasteiger partial charge in [0.15, 0.2) is 5.58 Å². The van der Waals surface area contributed by atoms with Gasteiger partial charge in [-0.3, -0.25) is 0 Å². The van der Waals surface area contributed by atoms with Gasteiger partial charge in [0, 0.05) is 5.56 Å². The van der Waals surface area contributed by atoms with Gasteiger partial charge in [-0.2, -0.15) is 0 Å². The van der Waals surface area contributed by atoms with Crippen LogP contribution >= 0.6 is 0 Å². The lowest BCUT2D eigenvalue weighted by Gasteiger charge is -2.03. The van der Waals surface area contributed by atoms with Gasteiger partial charge in [-0.25, -0.2) is 4.98 Å². The summed E-state index contributed by atoms with van der Waals surface area (Å²) < 4.78 is 11.2. The van der Waals surface area contributed by atoms with E-state index in [0.717, 1.165) is 22.4 Å². The number of ether oxygens (including phenoxy) is 1. The largest absolute Gasteiger partial charge is 0.494 e. The number of hydrogen-bond donors (Lipinski definition) is 1. The van der Waals surface area contributed by atoms with E-state index in [0.29, 0.717) is 18.1 Å². The molecular weight excluding hydrogens is 254 g/mol. The summed E-state index contributed by atoms with van der Waals surface area (Å²) in [5.41, 5.74) is 3.14. The molecule has 102 valence electrons. The molecule has 0 radical (unpaired) electrons. The fraction of sp³-hybridized carbons (Fsp3) is 0.188. The quantitative estimate of drug-likeness (QED) is 0.788. The molecule has 0 aliphatic rings. The minimum absolute atomic E-state index is 0.00203. The Morgan fingerprint density at radius 3 is 2.90 bits per heavy atom. The molecule has 0 saturated heterocycles. The average Bonchev–Trinajstić information content (AvgIpc) is 2.90. The number of oxazole rings is 1. The third-order valence-corrected chi connectivity index (χ3v) is 3.03. The van der Waals surface area contributed by atoms with Gasteiger partial charge >= 0.3 is 0 Å². The molecule has 0 spiro atoms. The van der Waals surface area contributed by atoms with Crippen LogP contribution in [0.2, 0.25) is 0 Å². The van der Waals surface area contributed by atoms with Crippen LogP contribution in [0.3, 0.4) is 0 Å². The van der Waals surface area contributed by atoms with E-state index in [-0.39, 0.29) is 6.61 Å². The summed E-state index contributed by atoms with van der Waals surface area (Å²) in [5, 5.41) is 9.14. The maximum atomic E-state index is 9.14. The molecule has 4 heteroatoms. The standard InChI is InChI=1S/C16H15NO3/c1-2-19-13-5-3-4-12(9-13)16-17-14-8-11(10-18)6-7-15(14)20-16/h3-9,18H,2,10H2,1H3. The molecule has 1 heterocycles. The summed E-state index contributed by atoms with van der Waals surface area (Å²) in [5.74, 6) is 1.35. The maximum Gasteiger partial charge on any atom is 0.227 e. The highest BCUT2D eigenvalue weighted by Gasteiger charge is 2.09. The van der Waals surface area contributed by atoms with E-state index < -0.39 is 0 Å². The van der Waals surface area contributed by atoms with E-state index in [2.05, 4.69) is 4.98 Å². The number of rotatable bonds is 4. The molecule has 0 amide bonds. The van der Waals surface area contributed by atoms with Crippen LogP contribution in [0, 0.1) is 0 Å². The Morgan fingerprint density at radius 1 is 1.20 bits per heavy atom. The van der Waals surface area contributed by atoms with Crippen molar-refractivity contribution in [3.05, 3.63) is 48.0 Å². The van der Waals surface area contributed by atoms with Gasteiger partial charge in [0.05, 0.1) is 13.2 Å². The second-order valence-corrected chi connectivity index (χ2v) is 4.44. The third kappa shape index (κ3) is 2.38. The lowest BCUT2D eigenvalue weighted by atomic mass is 10.2. The molecule has 0 bridgehead atoms. The molecule has 1 N–H and O–H groups in total. The molecule has 1 aromatic heterocycles. The van der Waals surface area contributed by atoms with Crippen LogP contribution in [0.1, 0.15) is 12.5 Å². The molecular formula is C16H15NO3. The minimum Gasteiger partial charge on any atom is -0.494 e. The van der Waals surface area contributed by atoms with Gasteiger partial charge in [-0.1, -0.05) is 12.1 Å². The Balaban J connectivity index is 2.03. The summed E-state index contributed by atoms with van der Waals surface area (Å²) in [7, 11) is 0. The van der Waals surface area contributed by atoms with Crippen molar-refractivity contribution >= 4 is 11.1 Å². The fourth-order valence-electron chi connectivity index (χ4n) is 2.08. The number of fused-ring (bicyclic) bond motifs is 1. The molecule has 0 saturated carbocycles. The Bertz CT molecular complexity index is 733. The van der Waals surface area contributed by atoms with Gasteiger partial charge in [0.2, 0.25) is 5.89 Å². The molecule has 20 heavy (non-hydrogen) atoms. The summed E-state index contributed by atoms with van der Waals surface area (Å²) in [6.07, 6.45) is 0. The summed E-state index contributed by atoms with van der Waals surface area (Å²) in [6, 6.07) is 13.1. The highest BCUT2D eigenvalue weighted by atomic mass is 16.5. The molecule has 0 unspecified atom stereocenters. The van der Waals surface area contributed by atoms with E-state index in [9.17, 15) is 0 Å². The third-order valence-electron chi connectivity index (χ3n) is 3.03. The second-order valence-electron chi connectivity index (χ2n) is 4.44. The first-order valence-corrected chi connectivity index (χ1v) is 6.53. The first-order valence-electron chi connectivity index (χ1n) is 6.53. The molecule has 0 atom stereocenters. The monoisotopic (exact) mass is 269 g/mol. The van der Waals surface area contributed by atoms with Crippen molar-refractivity contribution in [2.24, 2.45) is 0 Å². The van der Waals surface area contributed by atoms with E-state index in [4.69, 9.17) is 14.3 Å². The van der Waals surface area contributed by atoms with Gasteiger partial charge in [0.25, 0.3) is 0 Å². The number of nitrogens with zero attached hydrogens (tertiary/aromatic N) is 1. The van der Waals surface area contributed by atoms with Gasteiger partial charge in [-0.15, -0.1) is 0 Å². The van der Waals surface area contributed by atoms with E-state index in [1.165, 1.54) is 0 Å². The van der Waals surface area contributed by atoms with Crippen LogP contribution in [-0.4, -0.2) is 16.7 Å². The van der Waals surface area contributed by atoms with Crippen molar-refractivity contribution in [3.63, 3.8) is 0 Å². The van der Waals surface area contributed by atoms with Gasteiger partial charge < -0.3 is 14.3 Å². The highest BCUT2D eigenvalue weighted by molar-refractivity contribution is 5.77. The predicted octanol–water partition coefficient (Wildman–Crippen LogP) is 3.39. The minimum atomic E-state index is -0.00203. The van der Waals surface area contributed by atoms with Crippen molar-refractivity contribution in [1.29, 1.82) is 0 Å². The van der Waals surface area contributed by atoms with Crippen molar-refractivity contribution in [2.45, 2.75) is 13.5 Å². The van der Waals surface area contributed by atoms with Crippen molar-refractivity contribution in [2.75, 3.05) is 6.61 Å². The highest BCUT2D eigenvalue weighted by Crippen LogP contribution is 2.27. The molecule has 0 aliphatic carbocycles. The first-order chi connectivity index (χ1) is 9.80. The van der Waals surface area contributed by atoms with E-state index >= 15 is 0 Å². The fourth-order valence-corrected chi connectivity index (χ4v) is 2.08. The summed E-state index contributed by atoms with van der Waals surface area (Å²) >= 11 is 0. The number of aliphatic hydroxyl groups excluding tert-OH is 1. The lowest BCUT2D eigenvalue weighted by molar-refractivity contribution is 0.282. The molecule has 3 aromatic rings. The van der Waals surface area contributed by atoms with Crippen molar-refractivity contribution in [3.8, 4) is 17.2 Å². The summed E-state index contributed by atoms with van der Waals surface area (Å²) in [6.45, 7) is 2.57. The van der Waals surface area contributed by atoms with E-state index in [1.807, 2.05) is 49.4 Å². The second kappa shape index (κ2) is 5.35. The number of hydrogen-bond acceptors (Lipinski definition) is 4. The Labute approximate surface area is 116 Å². The number of benzene rings is 2. The maximum absolute atomic E-state index is 9.14. The molecule has 0 fully saturated rings. The van der Waals surface area contributed by atoms with Crippen molar-refractivity contribution < 1.29 is 14.3 Å². The normalized spacial score (nSPS) is 10.9. The first kappa shape index (κ1) is 12.7. The molecule has 4 nitrogen and oxygen atoms in total. The predicted molar refractivity (Wildman–Crippen MR) is 76.5 cm³/mol. The molecule has 0 aliphatic heterocycles. The number of aliphatic hydroxyl groups is 1. The van der Waals surface area contributed by atoms with Crippen LogP contribution in [0.5, 0.6) is 5.75 Å². The topological polar surface area (TPSA) is 55.5 Å². The Morgan fingerprint density at radius 2 is 2.10 bits per heavy atom. The van der Waals surface area contributed by atoms with E-state index in [1.54, 1.807) is 0 Å². The SMILES string of the molecule is CCOc1cccc(-c2nc3cc(CO)ccc3o2)c1. The summed E-state index contributed by atoms with van der Waals surface area (Å²) in [4.78, 5) is 4.46. The van der Waals surface area contributed by atoms with Crippen LogP contribution < -0.4 is 4.74 Å². The molecule has 2 aromatic carbocycles. The lowest BCUT2D eigenvalue weighted by Crippen LogP contribution is -1.91. The average molecular weight is 269 g/mol. The van der Waals surface area contributed by atoms with Crippen LogP contribution in [0.25, 0.3) is 22.6 Å². The number of aromatic nitrogens is 1. The zero-order valence-electron chi connectivity index (χ0n) is 11.2. The zero-order valence-corrected chi connectivity index (χ0v) is 11.2.